The third-order valence-electron chi connectivity index (χ3n) is 2.78. The Labute approximate surface area is 92.3 Å². The second-order valence-electron chi connectivity index (χ2n) is 3.95. The highest BCUT2D eigenvalue weighted by Crippen LogP contribution is 2.14. The van der Waals surface area contributed by atoms with Gasteiger partial charge in [-0.05, 0) is 12.1 Å². The van der Waals surface area contributed by atoms with Gasteiger partial charge in [0, 0.05) is 13.1 Å². The van der Waals surface area contributed by atoms with Gasteiger partial charge in [0.2, 0.25) is 11.9 Å². The molecule has 1 aromatic heterocycles. The van der Waals surface area contributed by atoms with E-state index in [1.165, 1.54) is 0 Å². The number of amides is 1. The van der Waals surface area contributed by atoms with Gasteiger partial charge in [-0.15, -0.1) is 0 Å². The fraction of sp³-hybridized carbons (Fsp3) is 0.273. The molecule has 1 saturated heterocycles. The number of aromatic amines is 1. The molecule has 2 heterocycles. The van der Waals surface area contributed by atoms with E-state index in [1.807, 2.05) is 24.3 Å². The zero-order chi connectivity index (χ0) is 11.0. The predicted octanol–water partition coefficient (Wildman–Crippen LogP) is 0.721. The van der Waals surface area contributed by atoms with Crippen molar-refractivity contribution >= 4 is 22.9 Å². The van der Waals surface area contributed by atoms with Crippen molar-refractivity contribution in [1.29, 1.82) is 0 Å². The monoisotopic (exact) mass is 216 g/mol. The third kappa shape index (κ3) is 1.55. The molecule has 1 aliphatic rings. The summed E-state index contributed by atoms with van der Waals surface area (Å²) in [7, 11) is 0. The van der Waals surface area contributed by atoms with Crippen LogP contribution in [0.1, 0.15) is 0 Å². The molecule has 1 amide bonds. The van der Waals surface area contributed by atoms with Crippen molar-refractivity contribution in [1.82, 2.24) is 15.3 Å². The second-order valence-corrected chi connectivity index (χ2v) is 3.95. The first kappa shape index (κ1) is 9.35. The molecule has 0 atom stereocenters. The van der Waals surface area contributed by atoms with Crippen LogP contribution in [0, 0.1) is 5.92 Å². The molecule has 0 bridgehead atoms. The number of hydrogen-bond acceptors (Lipinski definition) is 3. The van der Waals surface area contributed by atoms with Crippen LogP contribution >= 0.6 is 0 Å². The van der Waals surface area contributed by atoms with E-state index < -0.39 is 0 Å². The Kier molecular flexibility index (Phi) is 2.11. The van der Waals surface area contributed by atoms with Crippen LogP contribution in [0.5, 0.6) is 0 Å². The summed E-state index contributed by atoms with van der Waals surface area (Å²) in [6.07, 6.45) is 0. The summed E-state index contributed by atoms with van der Waals surface area (Å²) >= 11 is 0. The largest absolute Gasteiger partial charge is 0.324 e. The van der Waals surface area contributed by atoms with Gasteiger partial charge in [0.25, 0.3) is 0 Å². The number of H-pyrrole nitrogens is 1. The van der Waals surface area contributed by atoms with Crippen LogP contribution in [0.25, 0.3) is 11.0 Å². The third-order valence-corrected chi connectivity index (χ3v) is 2.78. The fourth-order valence-corrected chi connectivity index (χ4v) is 1.70. The summed E-state index contributed by atoms with van der Waals surface area (Å²) in [4.78, 5) is 19.0. The molecule has 16 heavy (non-hydrogen) atoms. The number of para-hydroxylation sites is 2. The van der Waals surface area contributed by atoms with Gasteiger partial charge in [-0.2, -0.15) is 0 Å². The Morgan fingerprint density at radius 1 is 1.38 bits per heavy atom. The maximum Gasteiger partial charge on any atom is 0.232 e. The summed E-state index contributed by atoms with van der Waals surface area (Å²) in [5.74, 6) is 0.629. The number of carbonyl (C=O) groups excluding carboxylic acids is 1. The zero-order valence-corrected chi connectivity index (χ0v) is 8.66. The van der Waals surface area contributed by atoms with Crippen LogP contribution in [0.4, 0.5) is 5.95 Å². The van der Waals surface area contributed by atoms with E-state index in [1.54, 1.807) is 0 Å². The second kappa shape index (κ2) is 3.61. The fourth-order valence-electron chi connectivity index (χ4n) is 1.70. The number of fused-ring (bicyclic) bond motifs is 1. The molecule has 5 heteroatoms. The average Bonchev–Trinajstić information content (AvgIpc) is 2.56. The number of carbonyl (C=O) groups is 1. The van der Waals surface area contributed by atoms with Crippen molar-refractivity contribution in [3.63, 3.8) is 0 Å². The first-order valence-corrected chi connectivity index (χ1v) is 5.29. The highest BCUT2D eigenvalue weighted by molar-refractivity contribution is 5.93. The van der Waals surface area contributed by atoms with E-state index in [2.05, 4.69) is 20.6 Å². The molecule has 3 rings (SSSR count). The number of imidazole rings is 1. The van der Waals surface area contributed by atoms with Gasteiger partial charge in [0.1, 0.15) is 0 Å². The topological polar surface area (TPSA) is 69.8 Å². The van der Waals surface area contributed by atoms with Gasteiger partial charge in [-0.1, -0.05) is 12.1 Å². The summed E-state index contributed by atoms with van der Waals surface area (Å²) in [6, 6.07) is 7.70. The van der Waals surface area contributed by atoms with E-state index in [-0.39, 0.29) is 11.8 Å². The van der Waals surface area contributed by atoms with E-state index in [0.29, 0.717) is 5.95 Å². The highest BCUT2D eigenvalue weighted by Gasteiger charge is 2.25. The lowest BCUT2D eigenvalue weighted by atomic mass is 10.0. The van der Waals surface area contributed by atoms with Gasteiger partial charge < -0.3 is 10.3 Å². The minimum atomic E-state index is 0.0257. The Balaban J connectivity index is 1.80. The molecular formula is C11H12N4O. The summed E-state index contributed by atoms with van der Waals surface area (Å²) in [5.41, 5.74) is 1.80. The molecule has 0 aliphatic carbocycles. The van der Waals surface area contributed by atoms with Crippen LogP contribution in [-0.4, -0.2) is 29.0 Å². The molecule has 0 spiro atoms. The minimum Gasteiger partial charge on any atom is -0.324 e. The zero-order valence-electron chi connectivity index (χ0n) is 8.66. The first-order chi connectivity index (χ1) is 7.83. The van der Waals surface area contributed by atoms with Gasteiger partial charge in [0.15, 0.2) is 0 Å². The summed E-state index contributed by atoms with van der Waals surface area (Å²) < 4.78 is 0. The molecule has 2 aromatic rings. The van der Waals surface area contributed by atoms with Crippen molar-refractivity contribution < 1.29 is 4.79 Å². The number of nitrogens with one attached hydrogen (secondary N) is 3. The average molecular weight is 216 g/mol. The molecule has 82 valence electrons. The molecule has 0 saturated carbocycles. The first-order valence-electron chi connectivity index (χ1n) is 5.29. The van der Waals surface area contributed by atoms with E-state index in [0.717, 1.165) is 24.1 Å². The van der Waals surface area contributed by atoms with Gasteiger partial charge in [-0.25, -0.2) is 4.98 Å². The Hall–Kier alpha value is -1.88. The van der Waals surface area contributed by atoms with Crippen molar-refractivity contribution in [2.75, 3.05) is 18.4 Å². The molecule has 1 aromatic carbocycles. The van der Waals surface area contributed by atoms with Crippen LogP contribution in [0.3, 0.4) is 0 Å². The molecule has 1 fully saturated rings. The molecular weight excluding hydrogens is 204 g/mol. The normalized spacial score (nSPS) is 16.0. The van der Waals surface area contributed by atoms with Gasteiger partial charge >= 0.3 is 0 Å². The number of anilines is 1. The SMILES string of the molecule is O=C(Nc1nc2ccccc2[nH]1)C1CNC1. The van der Waals surface area contributed by atoms with Crippen molar-refractivity contribution in [2.45, 2.75) is 0 Å². The number of hydrogen-bond donors (Lipinski definition) is 3. The van der Waals surface area contributed by atoms with Crippen molar-refractivity contribution in [3.05, 3.63) is 24.3 Å². The Morgan fingerprint density at radius 2 is 2.19 bits per heavy atom. The molecule has 1 aliphatic heterocycles. The quantitative estimate of drug-likeness (QED) is 0.692. The van der Waals surface area contributed by atoms with Crippen LogP contribution in [0.2, 0.25) is 0 Å². The van der Waals surface area contributed by atoms with E-state index in [9.17, 15) is 4.79 Å². The number of rotatable bonds is 2. The van der Waals surface area contributed by atoms with Crippen LogP contribution < -0.4 is 10.6 Å². The lowest BCUT2D eigenvalue weighted by molar-refractivity contribution is -0.121. The highest BCUT2D eigenvalue weighted by atomic mass is 16.2. The van der Waals surface area contributed by atoms with Crippen molar-refractivity contribution in [3.8, 4) is 0 Å². The van der Waals surface area contributed by atoms with E-state index >= 15 is 0 Å². The van der Waals surface area contributed by atoms with Crippen molar-refractivity contribution in [2.24, 2.45) is 5.92 Å². The van der Waals surface area contributed by atoms with Crippen LogP contribution in [-0.2, 0) is 4.79 Å². The standard InChI is InChI=1S/C11H12N4O/c16-10(7-5-12-6-7)15-11-13-8-3-1-2-4-9(8)14-11/h1-4,7,12H,5-6H2,(H2,13,14,15,16). The predicted molar refractivity (Wildman–Crippen MR) is 61.1 cm³/mol. The smallest absolute Gasteiger partial charge is 0.232 e. The molecule has 3 N–H and O–H groups in total. The lowest BCUT2D eigenvalue weighted by Crippen LogP contribution is -2.48. The summed E-state index contributed by atoms with van der Waals surface area (Å²) in [5, 5.41) is 5.85. The van der Waals surface area contributed by atoms with Gasteiger partial charge in [-0.3, -0.25) is 10.1 Å². The molecule has 0 unspecified atom stereocenters. The van der Waals surface area contributed by atoms with Gasteiger partial charge in [0.05, 0.1) is 17.0 Å². The Bertz CT molecular complexity index is 497. The maximum atomic E-state index is 11.7. The maximum absolute atomic E-state index is 11.7. The molecule has 0 radical (unpaired) electrons. The minimum absolute atomic E-state index is 0.0257. The number of nitrogens with zero attached hydrogens (tertiary/aromatic N) is 1. The number of benzene rings is 1. The Morgan fingerprint density at radius 3 is 2.88 bits per heavy atom. The summed E-state index contributed by atoms with van der Waals surface area (Å²) in [6.45, 7) is 1.51. The lowest BCUT2D eigenvalue weighted by Gasteiger charge is -2.25. The number of aromatic nitrogens is 2. The van der Waals surface area contributed by atoms with Crippen LogP contribution in [0.15, 0.2) is 24.3 Å². The van der Waals surface area contributed by atoms with E-state index in [4.69, 9.17) is 0 Å². The molecule has 5 nitrogen and oxygen atoms in total.